The average Bonchev–Trinajstić information content (AvgIpc) is 3.10. The number of carbonyl (C=O) groups is 1. The zero-order valence-electron chi connectivity index (χ0n) is 14.3. The second kappa shape index (κ2) is 7.48. The molecule has 0 aliphatic rings. The van der Waals surface area contributed by atoms with Crippen molar-refractivity contribution in [3.05, 3.63) is 95.1 Å². The quantitative estimate of drug-likeness (QED) is 0.372. The Morgan fingerprint density at radius 3 is 2.41 bits per heavy atom. The van der Waals surface area contributed by atoms with Gasteiger partial charge in [0.25, 0.3) is 5.91 Å². The Morgan fingerprint density at radius 2 is 1.63 bits per heavy atom. The lowest BCUT2D eigenvalue weighted by atomic mass is 10.0. The summed E-state index contributed by atoms with van der Waals surface area (Å²) in [5.41, 5.74) is 6.67. The maximum absolute atomic E-state index is 12.8. The molecule has 132 valence electrons. The van der Waals surface area contributed by atoms with Gasteiger partial charge in [-0.2, -0.15) is 5.10 Å². The number of hydrogen-bond donors (Lipinski definition) is 2. The fraction of sp³-hybridized carbons (Fsp3) is 0. The van der Waals surface area contributed by atoms with Crippen LogP contribution in [0.25, 0.3) is 22.0 Å². The predicted molar refractivity (Wildman–Crippen MR) is 110 cm³/mol. The number of H-pyrrole nitrogens is 1. The minimum atomic E-state index is -0.296. The van der Waals surface area contributed by atoms with E-state index < -0.39 is 0 Å². The van der Waals surface area contributed by atoms with Crippen LogP contribution in [-0.2, 0) is 0 Å². The third-order valence-electron chi connectivity index (χ3n) is 4.25. The Bertz CT molecular complexity index is 1120. The maximum Gasteiger partial charge on any atom is 0.288 e. The molecule has 2 N–H and O–H groups in total. The number of amides is 1. The van der Waals surface area contributed by atoms with Crippen LogP contribution in [0.2, 0.25) is 5.02 Å². The van der Waals surface area contributed by atoms with Gasteiger partial charge in [0.1, 0.15) is 5.69 Å². The number of para-hydroxylation sites is 1. The van der Waals surface area contributed by atoms with Crippen molar-refractivity contribution in [2.75, 3.05) is 0 Å². The first kappa shape index (κ1) is 17.1. The number of hydrazone groups is 1. The fourth-order valence-corrected chi connectivity index (χ4v) is 3.11. The minimum Gasteiger partial charge on any atom is -0.350 e. The van der Waals surface area contributed by atoms with E-state index >= 15 is 0 Å². The summed E-state index contributed by atoms with van der Waals surface area (Å²) in [5, 5.41) is 5.72. The second-order valence-corrected chi connectivity index (χ2v) is 6.47. The minimum absolute atomic E-state index is 0.296. The van der Waals surface area contributed by atoms with Gasteiger partial charge in [-0.3, -0.25) is 4.79 Å². The largest absolute Gasteiger partial charge is 0.350 e. The zero-order valence-corrected chi connectivity index (χ0v) is 15.1. The van der Waals surface area contributed by atoms with E-state index in [0.29, 0.717) is 10.7 Å². The highest BCUT2D eigenvalue weighted by Gasteiger charge is 2.18. The van der Waals surface area contributed by atoms with Crippen LogP contribution in [0.5, 0.6) is 0 Å². The molecule has 0 radical (unpaired) electrons. The lowest BCUT2D eigenvalue weighted by molar-refractivity contribution is 0.0951. The molecule has 4 nitrogen and oxygen atoms in total. The normalized spacial score (nSPS) is 11.1. The highest BCUT2D eigenvalue weighted by atomic mass is 35.5. The first-order valence-corrected chi connectivity index (χ1v) is 8.85. The summed E-state index contributed by atoms with van der Waals surface area (Å²) in [4.78, 5) is 16.0. The Labute approximate surface area is 161 Å². The number of carbonyl (C=O) groups excluding carboxylic acids is 1. The summed E-state index contributed by atoms with van der Waals surface area (Å²) in [5.74, 6) is -0.296. The van der Waals surface area contributed by atoms with E-state index in [1.54, 1.807) is 18.3 Å². The monoisotopic (exact) mass is 373 g/mol. The molecule has 1 amide bonds. The number of nitrogens with one attached hydrogen (secondary N) is 2. The molecule has 0 spiro atoms. The lowest BCUT2D eigenvalue weighted by Gasteiger charge is -2.04. The molecule has 0 bridgehead atoms. The Balaban J connectivity index is 1.66. The zero-order chi connectivity index (χ0) is 18.6. The third kappa shape index (κ3) is 3.61. The molecule has 0 aliphatic heterocycles. The smallest absolute Gasteiger partial charge is 0.288 e. The molecule has 0 aliphatic carbocycles. The lowest BCUT2D eigenvalue weighted by Crippen LogP contribution is -2.18. The van der Waals surface area contributed by atoms with E-state index in [1.807, 2.05) is 66.7 Å². The molecule has 1 aromatic heterocycles. The van der Waals surface area contributed by atoms with Crippen LogP contribution >= 0.6 is 11.6 Å². The van der Waals surface area contributed by atoms with E-state index in [1.165, 1.54) is 0 Å². The van der Waals surface area contributed by atoms with E-state index in [2.05, 4.69) is 15.5 Å². The van der Waals surface area contributed by atoms with Gasteiger partial charge in [0.15, 0.2) is 0 Å². The van der Waals surface area contributed by atoms with Gasteiger partial charge < -0.3 is 4.98 Å². The van der Waals surface area contributed by atoms with Crippen molar-refractivity contribution in [1.82, 2.24) is 10.4 Å². The van der Waals surface area contributed by atoms with Gasteiger partial charge in [0.2, 0.25) is 0 Å². The highest BCUT2D eigenvalue weighted by molar-refractivity contribution is 6.30. The van der Waals surface area contributed by atoms with Crippen molar-refractivity contribution < 1.29 is 4.79 Å². The highest BCUT2D eigenvalue weighted by Crippen LogP contribution is 2.32. The Kier molecular flexibility index (Phi) is 4.73. The molecule has 1 heterocycles. The van der Waals surface area contributed by atoms with Crippen LogP contribution in [0.1, 0.15) is 16.1 Å². The standard InChI is InChI=1S/C22H16ClN3O/c23-17-12-10-15(11-13-17)14-24-26-22(27)21-20(16-6-2-1-3-7-16)18-8-4-5-9-19(18)25-21/h1-14,25H,(H,26,27)/b24-14-. The summed E-state index contributed by atoms with van der Waals surface area (Å²) in [7, 11) is 0. The molecule has 0 fully saturated rings. The summed E-state index contributed by atoms with van der Waals surface area (Å²) >= 11 is 5.87. The van der Waals surface area contributed by atoms with Gasteiger partial charge in [-0.25, -0.2) is 5.43 Å². The Hall–Kier alpha value is -3.37. The number of aromatic nitrogens is 1. The SMILES string of the molecule is O=C(N/N=C\c1ccc(Cl)cc1)c1[nH]c2ccccc2c1-c1ccccc1. The molecule has 4 rings (SSSR count). The fourth-order valence-electron chi connectivity index (χ4n) is 2.99. The van der Waals surface area contributed by atoms with Crippen molar-refractivity contribution in [1.29, 1.82) is 0 Å². The van der Waals surface area contributed by atoms with Gasteiger partial charge in [-0.05, 0) is 29.3 Å². The van der Waals surface area contributed by atoms with Crippen LogP contribution < -0.4 is 5.43 Å². The number of nitrogens with zero attached hydrogens (tertiary/aromatic N) is 1. The molecule has 0 unspecified atom stereocenters. The molecule has 0 atom stereocenters. The average molecular weight is 374 g/mol. The van der Waals surface area contributed by atoms with E-state index in [9.17, 15) is 4.79 Å². The summed E-state index contributed by atoms with van der Waals surface area (Å²) in [6.45, 7) is 0. The maximum atomic E-state index is 12.8. The number of aromatic amines is 1. The molecule has 3 aromatic carbocycles. The van der Waals surface area contributed by atoms with Crippen LogP contribution in [0, 0.1) is 0 Å². The van der Waals surface area contributed by atoms with E-state index in [-0.39, 0.29) is 5.91 Å². The first-order chi connectivity index (χ1) is 13.2. The number of benzene rings is 3. The number of rotatable bonds is 4. The third-order valence-corrected chi connectivity index (χ3v) is 4.50. The van der Waals surface area contributed by atoms with Crippen LogP contribution in [-0.4, -0.2) is 17.1 Å². The molecule has 4 aromatic rings. The summed E-state index contributed by atoms with van der Waals surface area (Å²) in [6, 6.07) is 24.9. The number of halogens is 1. The van der Waals surface area contributed by atoms with Gasteiger partial charge in [0.05, 0.1) is 6.21 Å². The second-order valence-electron chi connectivity index (χ2n) is 6.04. The van der Waals surface area contributed by atoms with Crippen LogP contribution in [0.15, 0.2) is 84.0 Å². The molecular formula is C22H16ClN3O. The van der Waals surface area contributed by atoms with Gasteiger partial charge >= 0.3 is 0 Å². The van der Waals surface area contributed by atoms with Gasteiger partial charge in [-0.1, -0.05) is 72.3 Å². The van der Waals surface area contributed by atoms with E-state index in [4.69, 9.17) is 11.6 Å². The van der Waals surface area contributed by atoms with Crippen molar-refractivity contribution in [3.8, 4) is 11.1 Å². The molecular weight excluding hydrogens is 358 g/mol. The number of hydrogen-bond acceptors (Lipinski definition) is 2. The van der Waals surface area contributed by atoms with Crippen molar-refractivity contribution in [2.24, 2.45) is 5.10 Å². The van der Waals surface area contributed by atoms with Gasteiger partial charge in [-0.15, -0.1) is 0 Å². The summed E-state index contributed by atoms with van der Waals surface area (Å²) < 4.78 is 0. The van der Waals surface area contributed by atoms with Crippen molar-refractivity contribution >= 4 is 34.6 Å². The van der Waals surface area contributed by atoms with Crippen LogP contribution in [0.3, 0.4) is 0 Å². The van der Waals surface area contributed by atoms with E-state index in [0.717, 1.165) is 27.6 Å². The number of fused-ring (bicyclic) bond motifs is 1. The van der Waals surface area contributed by atoms with Gasteiger partial charge in [0, 0.05) is 21.5 Å². The molecule has 0 saturated carbocycles. The molecule has 27 heavy (non-hydrogen) atoms. The summed E-state index contributed by atoms with van der Waals surface area (Å²) in [6.07, 6.45) is 1.58. The van der Waals surface area contributed by atoms with Crippen molar-refractivity contribution in [3.63, 3.8) is 0 Å². The first-order valence-electron chi connectivity index (χ1n) is 8.47. The topological polar surface area (TPSA) is 57.2 Å². The Morgan fingerprint density at radius 1 is 0.926 bits per heavy atom. The molecule has 0 saturated heterocycles. The predicted octanol–water partition coefficient (Wildman–Crippen LogP) is 5.25. The van der Waals surface area contributed by atoms with Crippen molar-refractivity contribution in [2.45, 2.75) is 0 Å². The van der Waals surface area contributed by atoms with Crippen LogP contribution in [0.4, 0.5) is 0 Å². The molecule has 5 heteroatoms.